The van der Waals surface area contributed by atoms with Crippen LogP contribution in [0.2, 0.25) is 0 Å². The molecule has 0 aliphatic carbocycles. The number of methoxy groups -OCH3 is 1. The highest BCUT2D eigenvalue weighted by Gasteiger charge is 2.15. The molecule has 106 valence electrons. The van der Waals surface area contributed by atoms with E-state index < -0.39 is 6.10 Å². The molecule has 2 aromatic carbocycles. The maximum atomic E-state index is 13.3. The van der Waals surface area contributed by atoms with Crippen molar-refractivity contribution in [3.05, 3.63) is 64.0 Å². The molecule has 3 heteroatoms. The molecule has 0 saturated heterocycles. The SMILES string of the molecule is COc1c(C)cc(C(O)c2ccc(F)c(C)c2)cc1C. The molecule has 0 aliphatic heterocycles. The van der Waals surface area contributed by atoms with Crippen LogP contribution in [0, 0.1) is 26.6 Å². The Morgan fingerprint density at radius 2 is 1.50 bits per heavy atom. The number of aliphatic hydroxyl groups is 1. The minimum absolute atomic E-state index is 0.261. The molecule has 2 nitrogen and oxygen atoms in total. The third kappa shape index (κ3) is 2.68. The first-order valence-corrected chi connectivity index (χ1v) is 6.53. The monoisotopic (exact) mass is 274 g/mol. The Morgan fingerprint density at radius 3 is 2.00 bits per heavy atom. The van der Waals surface area contributed by atoms with Crippen LogP contribution in [0.5, 0.6) is 5.75 Å². The molecule has 20 heavy (non-hydrogen) atoms. The van der Waals surface area contributed by atoms with E-state index in [9.17, 15) is 9.50 Å². The van der Waals surface area contributed by atoms with Crippen molar-refractivity contribution in [2.45, 2.75) is 26.9 Å². The van der Waals surface area contributed by atoms with Gasteiger partial charge in [0.1, 0.15) is 17.7 Å². The summed E-state index contributed by atoms with van der Waals surface area (Å²) < 4.78 is 18.6. The lowest BCUT2D eigenvalue weighted by Crippen LogP contribution is -2.03. The van der Waals surface area contributed by atoms with Crippen molar-refractivity contribution in [2.75, 3.05) is 7.11 Å². The predicted octanol–water partition coefficient (Wildman–Crippen LogP) is 3.84. The molecule has 1 N–H and O–H groups in total. The number of ether oxygens (including phenoxy) is 1. The summed E-state index contributed by atoms with van der Waals surface area (Å²) in [7, 11) is 1.63. The minimum atomic E-state index is -0.766. The number of halogens is 1. The van der Waals surface area contributed by atoms with Gasteiger partial charge >= 0.3 is 0 Å². The summed E-state index contributed by atoms with van der Waals surface area (Å²) in [5, 5.41) is 10.5. The van der Waals surface area contributed by atoms with Crippen LogP contribution < -0.4 is 4.74 Å². The van der Waals surface area contributed by atoms with Crippen LogP contribution >= 0.6 is 0 Å². The highest BCUT2D eigenvalue weighted by molar-refractivity contribution is 5.46. The quantitative estimate of drug-likeness (QED) is 0.921. The Kier molecular flexibility index (Phi) is 4.09. The van der Waals surface area contributed by atoms with Crippen molar-refractivity contribution in [1.82, 2.24) is 0 Å². The molecular formula is C17H19FO2. The van der Waals surface area contributed by atoms with E-state index in [1.807, 2.05) is 26.0 Å². The van der Waals surface area contributed by atoms with Crippen molar-refractivity contribution >= 4 is 0 Å². The van der Waals surface area contributed by atoms with E-state index in [1.54, 1.807) is 26.2 Å². The van der Waals surface area contributed by atoms with E-state index in [1.165, 1.54) is 6.07 Å². The number of aliphatic hydroxyl groups excluding tert-OH is 1. The van der Waals surface area contributed by atoms with E-state index in [-0.39, 0.29) is 5.82 Å². The molecule has 0 aliphatic rings. The summed E-state index contributed by atoms with van der Waals surface area (Å²) >= 11 is 0. The van der Waals surface area contributed by atoms with Crippen molar-refractivity contribution in [3.63, 3.8) is 0 Å². The van der Waals surface area contributed by atoms with Gasteiger partial charge in [-0.2, -0.15) is 0 Å². The summed E-state index contributed by atoms with van der Waals surface area (Å²) in [5.74, 6) is 0.569. The van der Waals surface area contributed by atoms with Crippen LogP contribution in [0.1, 0.15) is 33.9 Å². The van der Waals surface area contributed by atoms with Gasteiger partial charge in [0.05, 0.1) is 7.11 Å². The summed E-state index contributed by atoms with van der Waals surface area (Å²) in [4.78, 5) is 0. The molecule has 0 radical (unpaired) electrons. The smallest absolute Gasteiger partial charge is 0.126 e. The molecule has 0 aromatic heterocycles. The summed E-state index contributed by atoms with van der Waals surface area (Å²) in [5.41, 5.74) is 3.95. The summed E-state index contributed by atoms with van der Waals surface area (Å²) in [6.07, 6.45) is -0.766. The average Bonchev–Trinajstić information content (AvgIpc) is 2.40. The number of hydrogen-bond acceptors (Lipinski definition) is 2. The first-order valence-electron chi connectivity index (χ1n) is 6.53. The Hall–Kier alpha value is -1.87. The van der Waals surface area contributed by atoms with Crippen molar-refractivity contribution in [2.24, 2.45) is 0 Å². The summed E-state index contributed by atoms with van der Waals surface area (Å²) in [6.45, 7) is 5.58. The van der Waals surface area contributed by atoms with Gasteiger partial charge in [0.2, 0.25) is 0 Å². The van der Waals surface area contributed by atoms with Gasteiger partial charge in [-0.15, -0.1) is 0 Å². The zero-order chi connectivity index (χ0) is 14.9. The van der Waals surface area contributed by atoms with Crippen LogP contribution in [0.25, 0.3) is 0 Å². The van der Waals surface area contributed by atoms with Crippen molar-refractivity contribution in [3.8, 4) is 5.75 Å². The second kappa shape index (κ2) is 5.63. The second-order valence-corrected chi connectivity index (χ2v) is 5.10. The standard InChI is InChI=1S/C17H19FO2/c1-10-7-13(5-6-15(10)18)16(19)14-8-11(2)17(20-4)12(3)9-14/h5-9,16,19H,1-4H3. The maximum absolute atomic E-state index is 13.3. The minimum Gasteiger partial charge on any atom is -0.496 e. The first kappa shape index (κ1) is 14.5. The zero-order valence-electron chi connectivity index (χ0n) is 12.2. The van der Waals surface area contributed by atoms with Crippen molar-refractivity contribution in [1.29, 1.82) is 0 Å². The first-order chi connectivity index (χ1) is 9.43. The fraction of sp³-hybridized carbons (Fsp3) is 0.294. The number of rotatable bonds is 3. The molecular weight excluding hydrogens is 255 g/mol. The van der Waals surface area contributed by atoms with Gasteiger partial charge in [-0.05, 0) is 66.8 Å². The third-order valence-corrected chi connectivity index (χ3v) is 3.50. The van der Waals surface area contributed by atoms with Crippen LogP contribution in [0.15, 0.2) is 30.3 Å². The number of hydrogen-bond donors (Lipinski definition) is 1. The van der Waals surface area contributed by atoms with E-state index in [2.05, 4.69) is 0 Å². The van der Waals surface area contributed by atoms with Crippen molar-refractivity contribution < 1.29 is 14.2 Å². The molecule has 0 amide bonds. The maximum Gasteiger partial charge on any atom is 0.126 e. The molecule has 0 saturated carbocycles. The molecule has 2 aromatic rings. The average molecular weight is 274 g/mol. The highest BCUT2D eigenvalue weighted by atomic mass is 19.1. The summed E-state index contributed by atoms with van der Waals surface area (Å²) in [6, 6.07) is 8.47. The fourth-order valence-corrected chi connectivity index (χ4v) is 2.49. The normalized spacial score (nSPS) is 12.3. The lowest BCUT2D eigenvalue weighted by atomic mass is 9.96. The Balaban J connectivity index is 2.42. The van der Waals surface area contributed by atoms with Crippen LogP contribution in [0.3, 0.4) is 0 Å². The van der Waals surface area contributed by atoms with E-state index in [4.69, 9.17) is 4.74 Å². The van der Waals surface area contributed by atoms with Crippen LogP contribution in [-0.4, -0.2) is 12.2 Å². The molecule has 0 bridgehead atoms. The van der Waals surface area contributed by atoms with Gasteiger partial charge < -0.3 is 9.84 Å². The van der Waals surface area contributed by atoms with Gasteiger partial charge in [0, 0.05) is 0 Å². The van der Waals surface area contributed by atoms with Gasteiger partial charge in [-0.1, -0.05) is 12.1 Å². The van der Waals surface area contributed by atoms with Gasteiger partial charge in [-0.25, -0.2) is 4.39 Å². The Bertz CT molecular complexity index is 612. The predicted molar refractivity (Wildman–Crippen MR) is 77.7 cm³/mol. The number of benzene rings is 2. The molecule has 1 unspecified atom stereocenters. The van der Waals surface area contributed by atoms with E-state index in [0.29, 0.717) is 11.1 Å². The molecule has 0 fully saturated rings. The lowest BCUT2D eigenvalue weighted by molar-refractivity contribution is 0.220. The Morgan fingerprint density at radius 1 is 0.950 bits per heavy atom. The van der Waals surface area contributed by atoms with E-state index in [0.717, 1.165) is 22.4 Å². The van der Waals surface area contributed by atoms with E-state index >= 15 is 0 Å². The van der Waals surface area contributed by atoms with Gasteiger partial charge in [-0.3, -0.25) is 0 Å². The highest BCUT2D eigenvalue weighted by Crippen LogP contribution is 2.30. The zero-order valence-corrected chi connectivity index (χ0v) is 12.2. The van der Waals surface area contributed by atoms with Gasteiger partial charge in [0.15, 0.2) is 0 Å². The lowest BCUT2D eigenvalue weighted by Gasteiger charge is -2.16. The third-order valence-electron chi connectivity index (χ3n) is 3.50. The largest absolute Gasteiger partial charge is 0.496 e. The fourth-order valence-electron chi connectivity index (χ4n) is 2.49. The molecule has 0 heterocycles. The van der Waals surface area contributed by atoms with Gasteiger partial charge in [0.25, 0.3) is 0 Å². The van der Waals surface area contributed by atoms with Crippen LogP contribution in [0.4, 0.5) is 4.39 Å². The molecule has 1 atom stereocenters. The Labute approximate surface area is 118 Å². The number of aryl methyl sites for hydroxylation is 3. The second-order valence-electron chi connectivity index (χ2n) is 5.10. The molecule has 2 rings (SSSR count). The molecule has 0 spiro atoms. The topological polar surface area (TPSA) is 29.5 Å². The van der Waals surface area contributed by atoms with Crippen LogP contribution in [-0.2, 0) is 0 Å².